The Hall–Kier alpha value is -1.76. The van der Waals surface area contributed by atoms with Crippen LogP contribution in [-0.2, 0) is 6.54 Å². The molecule has 3 nitrogen and oxygen atoms in total. The van der Waals surface area contributed by atoms with Crippen LogP contribution in [-0.4, -0.2) is 4.98 Å². The van der Waals surface area contributed by atoms with Crippen LogP contribution in [0.4, 0.5) is 5.69 Å². The van der Waals surface area contributed by atoms with Crippen LogP contribution in [0.3, 0.4) is 0 Å². The smallest absolute Gasteiger partial charge is 0.140 e. The first-order chi connectivity index (χ1) is 8.69. The van der Waals surface area contributed by atoms with E-state index in [4.69, 9.17) is 28.5 Å². The van der Waals surface area contributed by atoms with Crippen LogP contribution in [0.1, 0.15) is 11.3 Å². The molecule has 5 heteroatoms. The number of rotatable bonds is 3. The summed E-state index contributed by atoms with van der Waals surface area (Å²) in [4.78, 5) is 3.91. The number of anilines is 1. The number of nitrogens with one attached hydrogen (secondary N) is 1. The van der Waals surface area contributed by atoms with Gasteiger partial charge in [-0.3, -0.25) is 0 Å². The summed E-state index contributed by atoms with van der Waals surface area (Å²) < 4.78 is 0. The van der Waals surface area contributed by atoms with Gasteiger partial charge in [0.05, 0.1) is 10.0 Å². The van der Waals surface area contributed by atoms with E-state index in [1.165, 1.54) is 0 Å². The second-order valence-corrected chi connectivity index (χ2v) is 4.46. The Bertz CT molecular complexity index is 605. The molecule has 18 heavy (non-hydrogen) atoms. The van der Waals surface area contributed by atoms with Crippen LogP contribution >= 0.6 is 23.2 Å². The van der Waals surface area contributed by atoms with Crippen molar-refractivity contribution >= 4 is 28.9 Å². The van der Waals surface area contributed by atoms with Crippen LogP contribution in [0.5, 0.6) is 0 Å². The molecular formula is C13H9Cl2N3. The fourth-order valence-electron chi connectivity index (χ4n) is 1.46. The molecule has 0 saturated heterocycles. The molecule has 0 amide bonds. The van der Waals surface area contributed by atoms with Gasteiger partial charge in [-0.15, -0.1) is 0 Å². The van der Waals surface area contributed by atoms with E-state index in [1.54, 1.807) is 24.4 Å². The van der Waals surface area contributed by atoms with E-state index in [1.807, 2.05) is 18.2 Å². The Morgan fingerprint density at radius 1 is 1.17 bits per heavy atom. The van der Waals surface area contributed by atoms with Crippen molar-refractivity contribution in [2.24, 2.45) is 0 Å². The Morgan fingerprint density at radius 3 is 2.72 bits per heavy atom. The van der Waals surface area contributed by atoms with E-state index < -0.39 is 0 Å². The third kappa shape index (κ3) is 3.13. The highest BCUT2D eigenvalue weighted by atomic mass is 35.5. The molecule has 0 spiro atoms. The molecule has 90 valence electrons. The fraction of sp³-hybridized carbons (Fsp3) is 0.0769. The number of pyridine rings is 1. The van der Waals surface area contributed by atoms with Gasteiger partial charge in [-0.05, 0) is 35.9 Å². The number of nitrogens with zero attached hydrogens (tertiary/aromatic N) is 2. The standard InChI is InChI=1S/C13H9Cl2N3/c14-12-2-1-10(6-13(12)15)18-8-9-3-4-17-11(5-9)7-16/h1-6,18H,8H2. The quantitative estimate of drug-likeness (QED) is 0.927. The minimum atomic E-state index is 0.406. The maximum Gasteiger partial charge on any atom is 0.140 e. The Labute approximate surface area is 115 Å². The van der Waals surface area contributed by atoms with Crippen molar-refractivity contribution in [1.82, 2.24) is 4.98 Å². The lowest BCUT2D eigenvalue weighted by Gasteiger charge is -2.07. The summed E-state index contributed by atoms with van der Waals surface area (Å²) in [6, 6.07) is 10.9. The van der Waals surface area contributed by atoms with Crippen molar-refractivity contribution in [1.29, 1.82) is 5.26 Å². The van der Waals surface area contributed by atoms with Gasteiger partial charge in [-0.25, -0.2) is 4.98 Å². The summed E-state index contributed by atoms with van der Waals surface area (Å²) in [5.74, 6) is 0. The second-order valence-electron chi connectivity index (χ2n) is 3.64. The van der Waals surface area contributed by atoms with Gasteiger partial charge in [0.1, 0.15) is 11.8 Å². The van der Waals surface area contributed by atoms with Gasteiger partial charge in [0.15, 0.2) is 0 Å². The third-order valence-corrected chi connectivity index (χ3v) is 3.09. The first-order valence-corrected chi connectivity index (χ1v) is 5.98. The molecule has 1 aromatic heterocycles. The van der Waals surface area contributed by atoms with E-state index in [2.05, 4.69) is 10.3 Å². The molecule has 1 heterocycles. The number of hydrogen-bond donors (Lipinski definition) is 1. The average Bonchev–Trinajstić information content (AvgIpc) is 2.40. The maximum atomic E-state index is 8.75. The SMILES string of the molecule is N#Cc1cc(CNc2ccc(Cl)c(Cl)c2)ccn1. The molecule has 2 rings (SSSR count). The maximum absolute atomic E-state index is 8.75. The van der Waals surface area contributed by atoms with E-state index in [-0.39, 0.29) is 0 Å². The van der Waals surface area contributed by atoms with E-state index in [0.29, 0.717) is 22.3 Å². The number of benzene rings is 1. The molecule has 1 aromatic carbocycles. The molecule has 0 atom stereocenters. The molecular weight excluding hydrogens is 269 g/mol. The highest BCUT2D eigenvalue weighted by Gasteiger charge is 2.00. The number of hydrogen-bond acceptors (Lipinski definition) is 3. The summed E-state index contributed by atoms with van der Waals surface area (Å²) in [5.41, 5.74) is 2.26. The predicted octanol–water partition coefficient (Wildman–Crippen LogP) is 3.87. The third-order valence-electron chi connectivity index (χ3n) is 2.36. The van der Waals surface area contributed by atoms with E-state index in [9.17, 15) is 0 Å². The van der Waals surface area contributed by atoms with Crippen molar-refractivity contribution in [2.45, 2.75) is 6.54 Å². The van der Waals surface area contributed by atoms with Crippen molar-refractivity contribution in [3.63, 3.8) is 0 Å². The van der Waals surface area contributed by atoms with Crippen LogP contribution < -0.4 is 5.32 Å². The monoisotopic (exact) mass is 277 g/mol. The summed E-state index contributed by atoms with van der Waals surface area (Å²) >= 11 is 11.8. The second kappa shape index (κ2) is 5.72. The van der Waals surface area contributed by atoms with Gasteiger partial charge in [0, 0.05) is 18.4 Å². The van der Waals surface area contributed by atoms with Gasteiger partial charge in [0.2, 0.25) is 0 Å². The zero-order chi connectivity index (χ0) is 13.0. The Morgan fingerprint density at radius 2 is 2.00 bits per heavy atom. The Balaban J connectivity index is 2.07. The molecule has 0 fully saturated rings. The van der Waals surface area contributed by atoms with Gasteiger partial charge in [-0.2, -0.15) is 5.26 Å². The average molecular weight is 278 g/mol. The summed E-state index contributed by atoms with van der Waals surface area (Å²) in [5, 5.41) is 13.0. The van der Waals surface area contributed by atoms with Gasteiger partial charge >= 0.3 is 0 Å². The minimum Gasteiger partial charge on any atom is -0.381 e. The number of aromatic nitrogens is 1. The van der Waals surface area contributed by atoms with Crippen molar-refractivity contribution in [3.8, 4) is 6.07 Å². The Kier molecular flexibility index (Phi) is 4.03. The highest BCUT2D eigenvalue weighted by molar-refractivity contribution is 6.42. The molecule has 0 aliphatic rings. The first-order valence-electron chi connectivity index (χ1n) is 5.23. The van der Waals surface area contributed by atoms with Gasteiger partial charge in [0.25, 0.3) is 0 Å². The lowest BCUT2D eigenvalue weighted by molar-refractivity contribution is 1.12. The number of nitriles is 1. The van der Waals surface area contributed by atoms with E-state index in [0.717, 1.165) is 11.3 Å². The topological polar surface area (TPSA) is 48.7 Å². The molecule has 0 unspecified atom stereocenters. The molecule has 0 radical (unpaired) electrons. The summed E-state index contributed by atoms with van der Waals surface area (Å²) in [6.45, 7) is 0.592. The zero-order valence-electron chi connectivity index (χ0n) is 9.32. The van der Waals surface area contributed by atoms with Crippen LogP contribution in [0.15, 0.2) is 36.5 Å². The summed E-state index contributed by atoms with van der Waals surface area (Å²) in [6.07, 6.45) is 1.62. The van der Waals surface area contributed by atoms with Crippen LogP contribution in [0.25, 0.3) is 0 Å². The molecule has 0 saturated carbocycles. The van der Waals surface area contributed by atoms with Gasteiger partial charge in [-0.1, -0.05) is 23.2 Å². The van der Waals surface area contributed by atoms with Crippen molar-refractivity contribution in [3.05, 3.63) is 57.8 Å². The lowest BCUT2D eigenvalue weighted by atomic mass is 10.2. The van der Waals surface area contributed by atoms with Crippen molar-refractivity contribution < 1.29 is 0 Å². The lowest BCUT2D eigenvalue weighted by Crippen LogP contribution is -2.00. The molecule has 0 bridgehead atoms. The zero-order valence-corrected chi connectivity index (χ0v) is 10.8. The van der Waals surface area contributed by atoms with Crippen LogP contribution in [0, 0.1) is 11.3 Å². The number of halogens is 2. The summed E-state index contributed by atoms with van der Waals surface area (Å²) in [7, 11) is 0. The van der Waals surface area contributed by atoms with Gasteiger partial charge < -0.3 is 5.32 Å². The fourth-order valence-corrected chi connectivity index (χ4v) is 1.75. The largest absolute Gasteiger partial charge is 0.381 e. The molecule has 2 aromatic rings. The highest BCUT2D eigenvalue weighted by Crippen LogP contribution is 2.25. The molecule has 1 N–H and O–H groups in total. The normalized spacial score (nSPS) is 9.83. The predicted molar refractivity (Wildman–Crippen MR) is 72.7 cm³/mol. The minimum absolute atomic E-state index is 0.406. The molecule has 0 aliphatic carbocycles. The van der Waals surface area contributed by atoms with Crippen molar-refractivity contribution in [2.75, 3.05) is 5.32 Å². The first kappa shape index (κ1) is 12.7. The van der Waals surface area contributed by atoms with Crippen LogP contribution in [0.2, 0.25) is 10.0 Å². The van der Waals surface area contributed by atoms with E-state index >= 15 is 0 Å². The molecule has 0 aliphatic heterocycles.